The SMILES string of the molecule is CCc1ccc(-c2ccc(C=O)c(Cl)c2)cc1CC. The fourth-order valence-corrected chi connectivity index (χ4v) is 2.51. The summed E-state index contributed by atoms with van der Waals surface area (Å²) < 4.78 is 0. The standard InChI is InChI=1S/C17H17ClO/c1-3-12-5-6-14(9-13(12)4-2)15-7-8-16(11-19)17(18)10-15/h5-11H,3-4H2,1-2H3. The van der Waals surface area contributed by atoms with E-state index >= 15 is 0 Å². The van der Waals surface area contributed by atoms with Crippen molar-refractivity contribution < 1.29 is 4.79 Å². The van der Waals surface area contributed by atoms with Gasteiger partial charge in [-0.05, 0) is 47.2 Å². The summed E-state index contributed by atoms with van der Waals surface area (Å²) in [6.07, 6.45) is 2.86. The van der Waals surface area contributed by atoms with Crippen LogP contribution in [0.25, 0.3) is 11.1 Å². The zero-order valence-corrected chi connectivity index (χ0v) is 12.0. The number of carbonyl (C=O) groups is 1. The molecule has 98 valence electrons. The number of aryl methyl sites for hydroxylation is 2. The predicted octanol–water partition coefficient (Wildman–Crippen LogP) is 4.94. The van der Waals surface area contributed by atoms with Gasteiger partial charge in [-0.3, -0.25) is 4.79 Å². The van der Waals surface area contributed by atoms with E-state index in [1.54, 1.807) is 6.07 Å². The lowest BCUT2D eigenvalue weighted by Crippen LogP contribution is -1.92. The monoisotopic (exact) mass is 272 g/mol. The van der Waals surface area contributed by atoms with Crippen LogP contribution in [-0.4, -0.2) is 6.29 Å². The van der Waals surface area contributed by atoms with E-state index in [9.17, 15) is 4.79 Å². The molecule has 0 spiro atoms. The van der Waals surface area contributed by atoms with Gasteiger partial charge in [0.05, 0.1) is 5.02 Å². The van der Waals surface area contributed by atoms with Crippen molar-refractivity contribution in [3.05, 3.63) is 58.1 Å². The molecule has 0 N–H and O–H groups in total. The molecule has 0 bridgehead atoms. The van der Waals surface area contributed by atoms with Gasteiger partial charge in [-0.2, -0.15) is 0 Å². The smallest absolute Gasteiger partial charge is 0.151 e. The van der Waals surface area contributed by atoms with Gasteiger partial charge in [-0.15, -0.1) is 0 Å². The third-order valence-electron chi connectivity index (χ3n) is 3.43. The number of hydrogen-bond acceptors (Lipinski definition) is 1. The van der Waals surface area contributed by atoms with Crippen LogP contribution in [0.1, 0.15) is 35.3 Å². The highest BCUT2D eigenvalue weighted by molar-refractivity contribution is 6.33. The van der Waals surface area contributed by atoms with E-state index in [1.165, 1.54) is 11.1 Å². The largest absolute Gasteiger partial charge is 0.298 e. The summed E-state index contributed by atoms with van der Waals surface area (Å²) in [5.74, 6) is 0. The molecule has 0 fully saturated rings. The number of aldehydes is 1. The Balaban J connectivity index is 2.47. The molecule has 0 saturated heterocycles. The van der Waals surface area contributed by atoms with Crippen molar-refractivity contribution in [3.63, 3.8) is 0 Å². The Morgan fingerprint density at radius 3 is 2.16 bits per heavy atom. The van der Waals surface area contributed by atoms with Crippen LogP contribution in [0.2, 0.25) is 5.02 Å². The molecule has 0 amide bonds. The van der Waals surface area contributed by atoms with Crippen LogP contribution in [0, 0.1) is 0 Å². The average molecular weight is 273 g/mol. The predicted molar refractivity (Wildman–Crippen MR) is 81.0 cm³/mol. The molecule has 0 unspecified atom stereocenters. The van der Waals surface area contributed by atoms with E-state index in [1.807, 2.05) is 12.1 Å². The minimum Gasteiger partial charge on any atom is -0.298 e. The molecule has 1 nitrogen and oxygen atoms in total. The second-order valence-corrected chi connectivity index (χ2v) is 4.95. The molecule has 2 rings (SSSR count). The molecule has 0 heterocycles. The lowest BCUT2D eigenvalue weighted by molar-refractivity contribution is 0.112. The molecule has 2 aromatic carbocycles. The van der Waals surface area contributed by atoms with Crippen LogP contribution in [-0.2, 0) is 12.8 Å². The van der Waals surface area contributed by atoms with Crippen molar-refractivity contribution in [1.82, 2.24) is 0 Å². The van der Waals surface area contributed by atoms with E-state index in [2.05, 4.69) is 32.0 Å². The van der Waals surface area contributed by atoms with Crippen LogP contribution in [0.15, 0.2) is 36.4 Å². The third-order valence-corrected chi connectivity index (χ3v) is 3.76. The van der Waals surface area contributed by atoms with Gasteiger partial charge >= 0.3 is 0 Å². The highest BCUT2D eigenvalue weighted by Crippen LogP contribution is 2.27. The fourth-order valence-electron chi connectivity index (χ4n) is 2.28. The Morgan fingerprint density at radius 1 is 0.947 bits per heavy atom. The third kappa shape index (κ3) is 2.87. The molecular formula is C17H17ClO. The van der Waals surface area contributed by atoms with Gasteiger partial charge in [0, 0.05) is 5.56 Å². The van der Waals surface area contributed by atoms with Crippen molar-refractivity contribution in [2.75, 3.05) is 0 Å². The van der Waals surface area contributed by atoms with Crippen molar-refractivity contribution in [3.8, 4) is 11.1 Å². The highest BCUT2D eigenvalue weighted by Gasteiger charge is 2.06. The zero-order valence-electron chi connectivity index (χ0n) is 11.2. The molecule has 0 aromatic heterocycles. The molecule has 0 aliphatic carbocycles. The van der Waals surface area contributed by atoms with E-state index in [-0.39, 0.29) is 0 Å². The summed E-state index contributed by atoms with van der Waals surface area (Å²) in [7, 11) is 0. The number of carbonyl (C=O) groups excluding carboxylic acids is 1. The minimum atomic E-state index is 0.505. The fraction of sp³-hybridized carbons (Fsp3) is 0.235. The van der Waals surface area contributed by atoms with Gasteiger partial charge in [-0.25, -0.2) is 0 Å². The van der Waals surface area contributed by atoms with Gasteiger partial charge < -0.3 is 0 Å². The summed E-state index contributed by atoms with van der Waals surface area (Å²) in [4.78, 5) is 10.8. The van der Waals surface area contributed by atoms with Crippen molar-refractivity contribution in [2.24, 2.45) is 0 Å². The average Bonchev–Trinajstić information content (AvgIpc) is 2.46. The van der Waals surface area contributed by atoms with Crippen LogP contribution in [0.5, 0.6) is 0 Å². The maximum atomic E-state index is 10.8. The van der Waals surface area contributed by atoms with Gasteiger partial charge in [0.2, 0.25) is 0 Å². The van der Waals surface area contributed by atoms with Crippen molar-refractivity contribution in [2.45, 2.75) is 26.7 Å². The quantitative estimate of drug-likeness (QED) is 0.720. The number of benzene rings is 2. The van der Waals surface area contributed by atoms with E-state index in [0.717, 1.165) is 30.3 Å². The van der Waals surface area contributed by atoms with E-state index in [0.29, 0.717) is 10.6 Å². The summed E-state index contributed by atoms with van der Waals surface area (Å²) in [5, 5.41) is 0.505. The number of rotatable bonds is 4. The van der Waals surface area contributed by atoms with Gasteiger partial charge in [0.15, 0.2) is 6.29 Å². The van der Waals surface area contributed by atoms with Crippen molar-refractivity contribution in [1.29, 1.82) is 0 Å². The second kappa shape index (κ2) is 6.03. The van der Waals surface area contributed by atoms with E-state index < -0.39 is 0 Å². The Morgan fingerprint density at radius 2 is 1.58 bits per heavy atom. The number of halogens is 1. The molecule has 0 aliphatic rings. The first kappa shape index (κ1) is 13.8. The molecule has 0 radical (unpaired) electrons. The lowest BCUT2D eigenvalue weighted by Gasteiger charge is -2.10. The number of hydrogen-bond donors (Lipinski definition) is 0. The first-order valence-electron chi connectivity index (χ1n) is 6.56. The second-order valence-electron chi connectivity index (χ2n) is 4.54. The van der Waals surface area contributed by atoms with Crippen LogP contribution in [0.4, 0.5) is 0 Å². The highest BCUT2D eigenvalue weighted by atomic mass is 35.5. The molecule has 19 heavy (non-hydrogen) atoms. The molecule has 0 aliphatic heterocycles. The van der Waals surface area contributed by atoms with Crippen LogP contribution >= 0.6 is 11.6 Å². The van der Waals surface area contributed by atoms with Gasteiger partial charge in [0.1, 0.15) is 0 Å². The summed E-state index contributed by atoms with van der Waals surface area (Å²) in [6, 6.07) is 12.1. The minimum absolute atomic E-state index is 0.505. The maximum absolute atomic E-state index is 10.8. The maximum Gasteiger partial charge on any atom is 0.151 e. The zero-order chi connectivity index (χ0) is 13.8. The van der Waals surface area contributed by atoms with Crippen molar-refractivity contribution >= 4 is 17.9 Å². The molecule has 0 saturated carbocycles. The molecule has 2 heteroatoms. The first-order valence-corrected chi connectivity index (χ1v) is 6.94. The Kier molecular flexibility index (Phi) is 4.39. The topological polar surface area (TPSA) is 17.1 Å². The molecule has 0 atom stereocenters. The Labute approximate surface area is 119 Å². The van der Waals surface area contributed by atoms with E-state index in [4.69, 9.17) is 11.6 Å². The molecule has 2 aromatic rings. The van der Waals surface area contributed by atoms with Gasteiger partial charge in [0.25, 0.3) is 0 Å². The first-order chi connectivity index (χ1) is 9.19. The summed E-state index contributed by atoms with van der Waals surface area (Å²) in [6.45, 7) is 4.34. The Hall–Kier alpha value is -1.60. The Bertz CT molecular complexity index is 602. The normalized spacial score (nSPS) is 10.5. The van der Waals surface area contributed by atoms with Crippen LogP contribution in [0.3, 0.4) is 0 Å². The van der Waals surface area contributed by atoms with Crippen LogP contribution < -0.4 is 0 Å². The molecular weight excluding hydrogens is 256 g/mol. The van der Waals surface area contributed by atoms with Gasteiger partial charge in [-0.1, -0.05) is 49.7 Å². The summed E-state index contributed by atoms with van der Waals surface area (Å²) in [5.41, 5.74) is 5.49. The summed E-state index contributed by atoms with van der Waals surface area (Å²) >= 11 is 6.08. The lowest BCUT2D eigenvalue weighted by atomic mass is 9.96.